The molecule has 0 saturated carbocycles. The molecular weight excluding hydrogens is 737 g/mol. The Morgan fingerprint density at radius 2 is 1.67 bits per heavy atom. The predicted octanol–water partition coefficient (Wildman–Crippen LogP) is 8.97. The molecule has 1 unspecified atom stereocenters. The first-order chi connectivity index (χ1) is 28.4. The Bertz CT molecular complexity index is 2250. The smallest absolute Gasteiger partial charge is 0.231 e. The SMILES string of the molecule is C=C1CCC(c2ccc(CCN3CCN(C4CCN(c5ccc(Nc6nc(Nc7cccc8c7N(SC)CC8)c7cc[nH]c7n6)c(CC)c5)CC4)CC3)cc2)C(=C)N1. The summed E-state index contributed by atoms with van der Waals surface area (Å²) in [6.07, 6.45) is 11.7. The van der Waals surface area contributed by atoms with Crippen molar-refractivity contribution in [2.75, 3.05) is 78.5 Å². The number of benzene rings is 3. The van der Waals surface area contributed by atoms with E-state index >= 15 is 0 Å². The molecule has 0 aliphatic carbocycles. The van der Waals surface area contributed by atoms with Crippen molar-refractivity contribution in [3.63, 3.8) is 0 Å². The zero-order chi connectivity index (χ0) is 39.6. The van der Waals surface area contributed by atoms with Gasteiger partial charge in [0.05, 0.1) is 16.8 Å². The van der Waals surface area contributed by atoms with Crippen LogP contribution in [0.1, 0.15) is 60.8 Å². The average molecular weight is 795 g/mol. The van der Waals surface area contributed by atoms with E-state index < -0.39 is 0 Å². The fraction of sp³-hybridized carbons (Fsp3) is 0.404. The highest BCUT2D eigenvalue weighted by Gasteiger charge is 2.28. The highest BCUT2D eigenvalue weighted by Crippen LogP contribution is 2.41. The molecule has 302 valence electrons. The van der Waals surface area contributed by atoms with E-state index in [-0.39, 0.29) is 0 Å². The molecular formula is C47H58N10S. The van der Waals surface area contributed by atoms with Crippen molar-refractivity contribution in [1.82, 2.24) is 30.1 Å². The second kappa shape index (κ2) is 17.1. The van der Waals surface area contributed by atoms with Crippen LogP contribution in [0.3, 0.4) is 0 Å². The van der Waals surface area contributed by atoms with E-state index in [2.05, 4.69) is 127 Å². The quantitative estimate of drug-likeness (QED) is 0.0919. The van der Waals surface area contributed by atoms with Crippen molar-refractivity contribution in [2.24, 2.45) is 0 Å². The molecule has 3 fully saturated rings. The number of nitrogens with zero attached hydrogens (tertiary/aromatic N) is 6. The zero-order valence-corrected chi connectivity index (χ0v) is 35.0. The molecule has 0 spiro atoms. The monoisotopic (exact) mass is 794 g/mol. The number of rotatable bonds is 12. The summed E-state index contributed by atoms with van der Waals surface area (Å²) in [5.74, 6) is 1.76. The lowest BCUT2D eigenvalue weighted by Gasteiger charge is -2.43. The Labute approximate surface area is 348 Å². The molecule has 3 saturated heterocycles. The van der Waals surface area contributed by atoms with Crippen LogP contribution in [0.25, 0.3) is 11.0 Å². The summed E-state index contributed by atoms with van der Waals surface area (Å²) in [7, 11) is 0. The minimum Gasteiger partial charge on any atom is -0.371 e. The highest BCUT2D eigenvalue weighted by molar-refractivity contribution is 8.00. The molecule has 0 radical (unpaired) electrons. The Morgan fingerprint density at radius 1 is 0.845 bits per heavy atom. The van der Waals surface area contributed by atoms with Crippen molar-refractivity contribution in [3.8, 4) is 0 Å². The maximum atomic E-state index is 5.03. The van der Waals surface area contributed by atoms with Gasteiger partial charge in [0.2, 0.25) is 5.95 Å². The standard InChI is InChI=1S/C47H58N10S/c1-5-35-31-39(14-16-42(35)51-47-52-45-41(17-22-48-45)46(53-47)50-43-8-6-7-37-19-26-57(58-4)44(37)43)55-24-20-38(21-25-55)56-29-27-54(28-30-56)23-18-34-10-12-36(13-11-34)40-15-9-32(2)49-33(40)3/h6-8,10-14,16-17,22,31,38,40,49H,2-3,5,9,15,18-21,23-30H2,1,4H3,(H3,48,50,51,52,53). The average Bonchev–Trinajstić information content (AvgIpc) is 3.92. The molecule has 0 amide bonds. The molecule has 2 aromatic heterocycles. The number of para-hydroxylation sites is 1. The summed E-state index contributed by atoms with van der Waals surface area (Å²) in [5.41, 5.74) is 13.1. The van der Waals surface area contributed by atoms with Gasteiger partial charge in [0, 0.05) is 99.5 Å². The molecule has 3 aromatic carbocycles. The van der Waals surface area contributed by atoms with Crippen LogP contribution in [0.2, 0.25) is 0 Å². The van der Waals surface area contributed by atoms with E-state index in [1.165, 1.54) is 59.6 Å². The number of hydrogen-bond acceptors (Lipinski definition) is 10. The zero-order valence-electron chi connectivity index (χ0n) is 34.2. The third kappa shape index (κ3) is 8.17. The number of allylic oxidation sites excluding steroid dienone is 2. The molecule has 6 heterocycles. The predicted molar refractivity (Wildman–Crippen MR) is 244 cm³/mol. The molecule has 4 N–H and O–H groups in total. The number of aromatic amines is 1. The van der Waals surface area contributed by atoms with Gasteiger partial charge < -0.3 is 35.0 Å². The topological polar surface area (TPSA) is 90.6 Å². The molecule has 58 heavy (non-hydrogen) atoms. The first kappa shape index (κ1) is 38.5. The summed E-state index contributed by atoms with van der Waals surface area (Å²) >= 11 is 1.77. The van der Waals surface area contributed by atoms with Gasteiger partial charge in [0.15, 0.2) is 0 Å². The second-order valence-electron chi connectivity index (χ2n) is 16.4. The van der Waals surface area contributed by atoms with Gasteiger partial charge in [0.1, 0.15) is 11.5 Å². The Kier molecular flexibility index (Phi) is 11.4. The third-order valence-electron chi connectivity index (χ3n) is 12.9. The fourth-order valence-electron chi connectivity index (χ4n) is 9.52. The van der Waals surface area contributed by atoms with Crippen LogP contribution in [-0.4, -0.2) is 89.4 Å². The van der Waals surface area contributed by atoms with Gasteiger partial charge in [-0.15, -0.1) is 0 Å². The molecule has 5 aromatic rings. The number of anilines is 6. The van der Waals surface area contributed by atoms with Crippen LogP contribution < -0.4 is 25.2 Å². The van der Waals surface area contributed by atoms with E-state index in [0.29, 0.717) is 17.9 Å². The van der Waals surface area contributed by atoms with E-state index in [0.717, 1.165) is 111 Å². The number of hydrogen-bond donors (Lipinski definition) is 4. The molecule has 10 nitrogen and oxygen atoms in total. The maximum absolute atomic E-state index is 5.03. The van der Waals surface area contributed by atoms with E-state index in [1.807, 2.05) is 12.3 Å². The van der Waals surface area contributed by atoms with Crippen LogP contribution in [0.4, 0.5) is 34.5 Å². The van der Waals surface area contributed by atoms with Gasteiger partial charge in [-0.25, -0.2) is 0 Å². The number of aryl methyl sites for hydroxylation is 1. The van der Waals surface area contributed by atoms with Gasteiger partial charge in [-0.1, -0.05) is 68.4 Å². The summed E-state index contributed by atoms with van der Waals surface area (Å²) in [6, 6.07) is 25.3. The summed E-state index contributed by atoms with van der Waals surface area (Å²) in [6.45, 7) is 19.5. The van der Waals surface area contributed by atoms with E-state index in [1.54, 1.807) is 11.9 Å². The summed E-state index contributed by atoms with van der Waals surface area (Å²) in [4.78, 5) is 21.2. The summed E-state index contributed by atoms with van der Waals surface area (Å²) < 4.78 is 2.36. The molecule has 9 rings (SSSR count). The minimum absolute atomic E-state index is 0.384. The molecule has 1 atom stereocenters. The van der Waals surface area contributed by atoms with Crippen molar-refractivity contribution in [1.29, 1.82) is 0 Å². The number of aromatic nitrogens is 3. The molecule has 4 aliphatic heterocycles. The largest absolute Gasteiger partial charge is 0.371 e. The Hall–Kier alpha value is -4.97. The Balaban J connectivity index is 0.774. The number of H-pyrrole nitrogens is 1. The van der Waals surface area contributed by atoms with Crippen molar-refractivity contribution < 1.29 is 0 Å². The van der Waals surface area contributed by atoms with Gasteiger partial charge in [-0.2, -0.15) is 9.97 Å². The lowest BCUT2D eigenvalue weighted by molar-refractivity contribution is 0.0855. The third-order valence-corrected chi connectivity index (χ3v) is 13.7. The van der Waals surface area contributed by atoms with Crippen LogP contribution in [0.15, 0.2) is 97.5 Å². The molecule has 0 bridgehead atoms. The van der Waals surface area contributed by atoms with Crippen molar-refractivity contribution in [3.05, 3.63) is 120 Å². The normalized spacial score (nSPS) is 19.4. The number of piperidine rings is 2. The van der Waals surface area contributed by atoms with E-state index in [4.69, 9.17) is 9.97 Å². The van der Waals surface area contributed by atoms with Crippen molar-refractivity contribution >= 4 is 57.5 Å². The molecule has 11 heteroatoms. The van der Waals surface area contributed by atoms with Gasteiger partial charge in [0.25, 0.3) is 0 Å². The lowest BCUT2D eigenvalue weighted by Crippen LogP contribution is -2.53. The summed E-state index contributed by atoms with van der Waals surface area (Å²) in [5, 5.41) is 11.6. The number of piperazine rings is 1. The first-order valence-electron chi connectivity index (χ1n) is 21.3. The highest BCUT2D eigenvalue weighted by atomic mass is 32.2. The number of nitrogens with one attached hydrogen (secondary N) is 4. The van der Waals surface area contributed by atoms with Crippen LogP contribution in [0.5, 0.6) is 0 Å². The van der Waals surface area contributed by atoms with Crippen molar-refractivity contribution in [2.45, 2.75) is 63.8 Å². The lowest BCUT2D eigenvalue weighted by atomic mass is 9.87. The maximum Gasteiger partial charge on any atom is 0.231 e. The van der Waals surface area contributed by atoms with Gasteiger partial charge in [-0.05, 0) is 97.5 Å². The van der Waals surface area contributed by atoms with E-state index in [9.17, 15) is 0 Å². The molecule has 4 aliphatic rings. The number of fused-ring (bicyclic) bond motifs is 2. The van der Waals surface area contributed by atoms with Gasteiger partial charge >= 0.3 is 0 Å². The van der Waals surface area contributed by atoms with Gasteiger partial charge in [-0.3, -0.25) is 4.90 Å². The second-order valence-corrected chi connectivity index (χ2v) is 17.2. The minimum atomic E-state index is 0.384. The fourth-order valence-corrected chi connectivity index (χ4v) is 10.2. The van der Waals surface area contributed by atoms with Crippen LogP contribution in [0, 0.1) is 0 Å². The van der Waals surface area contributed by atoms with Crippen LogP contribution >= 0.6 is 11.9 Å². The first-order valence-corrected chi connectivity index (χ1v) is 22.5. The van der Waals surface area contributed by atoms with Crippen LogP contribution in [-0.2, 0) is 19.3 Å². The Morgan fingerprint density at radius 3 is 2.45 bits per heavy atom.